The van der Waals surface area contributed by atoms with Crippen LogP contribution in [-0.4, -0.2) is 87.4 Å². The zero-order valence-electron chi connectivity index (χ0n) is 23.9. The third-order valence-electron chi connectivity index (χ3n) is 4.47. The maximum atomic E-state index is 11.6. The summed E-state index contributed by atoms with van der Waals surface area (Å²) in [6.07, 6.45) is 0.359. The van der Waals surface area contributed by atoms with E-state index in [9.17, 15) is 24.0 Å². The Morgan fingerprint density at radius 2 is 1.18 bits per heavy atom. The standard InChI is InChI=1S/C10H17NO4.C10H18O5.C5H9NO2/c1-10(2,3)15-9(14)11-6-4-5-7(11)8(12)13;1-9(2,3)14-7(11)13-8(12)15-10(4,5)6;7-5(8)4-2-1-3-6-4/h7H,4-6H2,1-3H3,(H,12,13);1-6H3;4,6H,1-3H2,(H,7,8)/t7-;;4-/m1.1/s1. The number of amides is 1. The molecule has 2 aliphatic heterocycles. The van der Waals surface area contributed by atoms with Crippen molar-refractivity contribution < 1.29 is 53.1 Å². The van der Waals surface area contributed by atoms with E-state index < -0.39 is 53.2 Å². The monoisotopic (exact) mass is 548 g/mol. The summed E-state index contributed by atoms with van der Waals surface area (Å²) >= 11 is 0. The molecule has 3 N–H and O–H groups in total. The molecule has 2 aliphatic rings. The number of nitrogens with zero attached hydrogens (tertiary/aromatic N) is 1. The number of carboxylic acid groups (broad SMARTS) is 2. The molecule has 38 heavy (non-hydrogen) atoms. The van der Waals surface area contributed by atoms with Crippen LogP contribution in [0.15, 0.2) is 0 Å². The molecule has 0 bridgehead atoms. The fraction of sp³-hybridized carbons (Fsp3) is 0.800. The summed E-state index contributed by atoms with van der Waals surface area (Å²) in [4.78, 5) is 55.9. The van der Waals surface area contributed by atoms with Crippen LogP contribution in [0.25, 0.3) is 0 Å². The van der Waals surface area contributed by atoms with Gasteiger partial charge in [0.2, 0.25) is 0 Å². The van der Waals surface area contributed by atoms with Crippen molar-refractivity contribution in [2.45, 2.75) is 117 Å². The molecule has 0 spiro atoms. The van der Waals surface area contributed by atoms with Crippen LogP contribution in [0.2, 0.25) is 0 Å². The number of hydrogen-bond acceptors (Lipinski definition) is 10. The Labute approximate surface area is 224 Å². The van der Waals surface area contributed by atoms with E-state index in [4.69, 9.17) is 24.4 Å². The van der Waals surface area contributed by atoms with Crippen molar-refractivity contribution >= 4 is 30.3 Å². The number of carbonyl (C=O) groups is 5. The van der Waals surface area contributed by atoms with Crippen molar-refractivity contribution in [3.05, 3.63) is 0 Å². The van der Waals surface area contributed by atoms with Gasteiger partial charge in [0.1, 0.15) is 28.9 Å². The van der Waals surface area contributed by atoms with Crippen LogP contribution in [0, 0.1) is 0 Å². The summed E-state index contributed by atoms with van der Waals surface area (Å²) in [6, 6.07) is -0.991. The predicted octanol–water partition coefficient (Wildman–Crippen LogP) is 4.17. The topological polar surface area (TPSA) is 178 Å². The molecule has 2 rings (SSSR count). The molecule has 0 aromatic rings. The zero-order chi connectivity index (χ0) is 29.9. The normalized spacial score (nSPS) is 19.1. The Kier molecular flexibility index (Phi) is 13.5. The average molecular weight is 549 g/mol. The maximum Gasteiger partial charge on any atom is 0.519 e. The van der Waals surface area contributed by atoms with Gasteiger partial charge in [0.15, 0.2) is 0 Å². The molecule has 2 fully saturated rings. The van der Waals surface area contributed by atoms with Gasteiger partial charge in [0.25, 0.3) is 0 Å². The third kappa shape index (κ3) is 16.6. The lowest BCUT2D eigenvalue weighted by molar-refractivity contribution is -0.142. The molecule has 13 nitrogen and oxygen atoms in total. The van der Waals surface area contributed by atoms with Gasteiger partial charge in [-0.2, -0.15) is 0 Å². The number of likely N-dealkylation sites (tertiary alicyclic amines) is 1. The Hall–Kier alpha value is -3.09. The lowest BCUT2D eigenvalue weighted by Crippen LogP contribution is -2.43. The summed E-state index contributed by atoms with van der Waals surface area (Å²) in [5.41, 5.74) is -1.97. The van der Waals surface area contributed by atoms with Crippen molar-refractivity contribution in [3.63, 3.8) is 0 Å². The van der Waals surface area contributed by atoms with E-state index in [2.05, 4.69) is 10.1 Å². The lowest BCUT2D eigenvalue weighted by atomic mass is 10.2. The molecule has 2 heterocycles. The van der Waals surface area contributed by atoms with Gasteiger partial charge in [0.05, 0.1) is 0 Å². The summed E-state index contributed by atoms with van der Waals surface area (Å²) < 4.78 is 18.9. The van der Waals surface area contributed by atoms with Gasteiger partial charge in [-0.05, 0) is 94.5 Å². The smallest absolute Gasteiger partial charge is 0.480 e. The van der Waals surface area contributed by atoms with Crippen molar-refractivity contribution in [3.8, 4) is 0 Å². The highest BCUT2D eigenvalue weighted by molar-refractivity contribution is 5.80. The number of nitrogens with one attached hydrogen (secondary N) is 1. The molecule has 0 unspecified atom stereocenters. The van der Waals surface area contributed by atoms with Gasteiger partial charge < -0.3 is 34.5 Å². The van der Waals surface area contributed by atoms with E-state index in [0.717, 1.165) is 25.8 Å². The van der Waals surface area contributed by atoms with Crippen LogP contribution in [0.3, 0.4) is 0 Å². The molecule has 0 aromatic heterocycles. The van der Waals surface area contributed by atoms with Gasteiger partial charge in [0, 0.05) is 6.54 Å². The molecule has 0 saturated carbocycles. The molecule has 2 atom stereocenters. The summed E-state index contributed by atoms with van der Waals surface area (Å²) in [6.45, 7) is 16.6. The predicted molar refractivity (Wildman–Crippen MR) is 136 cm³/mol. The fourth-order valence-corrected chi connectivity index (χ4v) is 3.07. The van der Waals surface area contributed by atoms with E-state index in [1.165, 1.54) is 4.90 Å². The Bertz CT molecular complexity index is 791. The van der Waals surface area contributed by atoms with Crippen LogP contribution in [0.4, 0.5) is 14.4 Å². The minimum absolute atomic E-state index is 0.269. The largest absolute Gasteiger partial charge is 0.519 e. The van der Waals surface area contributed by atoms with Crippen molar-refractivity contribution in [1.82, 2.24) is 10.2 Å². The number of carbonyl (C=O) groups excluding carboxylic acids is 3. The Morgan fingerprint density at radius 1 is 0.711 bits per heavy atom. The number of aliphatic carboxylic acids is 2. The summed E-state index contributed by atoms with van der Waals surface area (Å²) in [7, 11) is 0. The van der Waals surface area contributed by atoms with Gasteiger partial charge in [-0.25, -0.2) is 19.2 Å². The fourth-order valence-electron chi connectivity index (χ4n) is 3.07. The number of carboxylic acids is 2. The van der Waals surface area contributed by atoms with Crippen LogP contribution < -0.4 is 5.32 Å². The molecule has 220 valence electrons. The van der Waals surface area contributed by atoms with Crippen molar-refractivity contribution in [2.24, 2.45) is 0 Å². The molecular formula is C25H44N2O11. The van der Waals surface area contributed by atoms with Crippen LogP contribution in [0.5, 0.6) is 0 Å². The first-order valence-electron chi connectivity index (χ1n) is 12.4. The van der Waals surface area contributed by atoms with Crippen LogP contribution in [-0.2, 0) is 28.5 Å². The van der Waals surface area contributed by atoms with Crippen LogP contribution in [0.1, 0.15) is 88.0 Å². The summed E-state index contributed by atoms with van der Waals surface area (Å²) in [5, 5.41) is 20.1. The first-order chi connectivity index (χ1) is 17.1. The molecule has 2 saturated heterocycles. The lowest BCUT2D eigenvalue weighted by Gasteiger charge is -2.26. The SMILES string of the molecule is CC(C)(C)OC(=O)N1CCC[C@@H]1C(=O)O.CC(C)(C)OC(=O)OC(=O)OC(C)(C)C.O=C(O)[C@H]1CCCN1. The first-order valence-corrected chi connectivity index (χ1v) is 12.4. The van der Waals surface area contributed by atoms with E-state index >= 15 is 0 Å². The number of ether oxygens (including phenoxy) is 4. The maximum absolute atomic E-state index is 11.6. The average Bonchev–Trinajstić information content (AvgIpc) is 3.37. The molecule has 13 heteroatoms. The molecule has 0 radical (unpaired) electrons. The summed E-state index contributed by atoms with van der Waals surface area (Å²) in [5.74, 6) is -1.68. The second-order valence-electron chi connectivity index (χ2n) is 11.7. The highest BCUT2D eigenvalue weighted by atomic mass is 16.8. The van der Waals surface area contributed by atoms with E-state index in [0.29, 0.717) is 13.0 Å². The molecule has 1 amide bonds. The van der Waals surface area contributed by atoms with Gasteiger partial charge in [-0.15, -0.1) is 0 Å². The molecule has 0 aliphatic carbocycles. The first kappa shape index (κ1) is 34.9. The second-order valence-corrected chi connectivity index (χ2v) is 11.7. The Morgan fingerprint density at radius 3 is 1.50 bits per heavy atom. The van der Waals surface area contributed by atoms with Gasteiger partial charge in [-0.3, -0.25) is 9.69 Å². The van der Waals surface area contributed by atoms with Crippen LogP contribution >= 0.6 is 0 Å². The quantitative estimate of drug-likeness (QED) is 0.255. The van der Waals surface area contributed by atoms with E-state index in [1.807, 2.05) is 0 Å². The highest BCUT2D eigenvalue weighted by Gasteiger charge is 2.36. The minimum atomic E-state index is -1.06. The second kappa shape index (κ2) is 14.7. The third-order valence-corrected chi connectivity index (χ3v) is 4.47. The zero-order valence-corrected chi connectivity index (χ0v) is 23.9. The minimum Gasteiger partial charge on any atom is -0.480 e. The molecular weight excluding hydrogens is 504 g/mol. The van der Waals surface area contributed by atoms with Gasteiger partial charge >= 0.3 is 30.3 Å². The van der Waals surface area contributed by atoms with E-state index in [-0.39, 0.29) is 6.04 Å². The molecule has 0 aromatic carbocycles. The highest BCUT2D eigenvalue weighted by Crippen LogP contribution is 2.20. The number of rotatable bonds is 2. The van der Waals surface area contributed by atoms with Crippen molar-refractivity contribution in [1.29, 1.82) is 0 Å². The van der Waals surface area contributed by atoms with Gasteiger partial charge in [-0.1, -0.05) is 0 Å². The van der Waals surface area contributed by atoms with Crippen molar-refractivity contribution in [2.75, 3.05) is 13.1 Å². The number of hydrogen-bond donors (Lipinski definition) is 3. The Balaban J connectivity index is 0.000000565. The van der Waals surface area contributed by atoms with E-state index in [1.54, 1.807) is 62.3 Å².